The van der Waals surface area contributed by atoms with Crippen molar-refractivity contribution < 1.29 is 28.4 Å². The fourth-order valence-corrected chi connectivity index (χ4v) is 10.0. The fourth-order valence-electron chi connectivity index (χ4n) is 10.0. The lowest BCUT2D eigenvalue weighted by Gasteiger charge is -2.36. The van der Waals surface area contributed by atoms with E-state index in [1.165, 1.54) is 5.57 Å². The summed E-state index contributed by atoms with van der Waals surface area (Å²) < 4.78 is 42.5. The third-order valence-electron chi connectivity index (χ3n) is 13.0. The Morgan fingerprint density at radius 3 is 1.89 bits per heavy atom. The predicted molar refractivity (Wildman–Crippen MR) is 257 cm³/mol. The summed E-state index contributed by atoms with van der Waals surface area (Å²) in [5.74, 6) is 6.61. The van der Waals surface area contributed by atoms with Gasteiger partial charge in [-0.2, -0.15) is 0 Å². The van der Waals surface area contributed by atoms with Gasteiger partial charge in [0.15, 0.2) is 0 Å². The maximum absolute atomic E-state index is 7.53. The zero-order chi connectivity index (χ0) is 43.1. The highest BCUT2D eigenvalue weighted by Crippen LogP contribution is 2.40. The van der Waals surface area contributed by atoms with Crippen molar-refractivity contribution >= 4 is 44.7 Å². The van der Waals surface area contributed by atoms with Crippen LogP contribution < -0.4 is 44.6 Å². The highest BCUT2D eigenvalue weighted by Gasteiger charge is 2.40. The smallest absolute Gasteiger partial charge is 0.146 e. The van der Waals surface area contributed by atoms with Crippen LogP contribution in [-0.4, -0.2) is 18.8 Å². The summed E-state index contributed by atoms with van der Waals surface area (Å²) in [6, 6.07) is 51.3. The highest BCUT2D eigenvalue weighted by atomic mass is 16.5. The van der Waals surface area contributed by atoms with Gasteiger partial charge in [0.05, 0.1) is 5.92 Å². The summed E-state index contributed by atoms with van der Waals surface area (Å²) in [6.07, 6.45) is 16.1. The molecule has 2 heterocycles. The molecule has 3 unspecified atom stereocenters. The minimum absolute atomic E-state index is 0.260. The molecule has 5 aliphatic rings. The Labute approximate surface area is 377 Å². The molecule has 7 aromatic carbocycles. The maximum atomic E-state index is 7.53. The van der Waals surface area contributed by atoms with Crippen LogP contribution in [0.25, 0.3) is 44.7 Å². The van der Waals surface area contributed by atoms with Gasteiger partial charge in [-0.1, -0.05) is 121 Å². The van der Waals surface area contributed by atoms with Gasteiger partial charge in [-0.25, -0.2) is 0 Å². The van der Waals surface area contributed by atoms with E-state index in [4.69, 9.17) is 28.4 Å². The normalized spacial score (nSPS) is 19.5. The zero-order valence-corrected chi connectivity index (χ0v) is 35.8. The van der Waals surface area contributed by atoms with Crippen molar-refractivity contribution in [2.45, 2.75) is 44.3 Å². The average Bonchev–Trinajstić information content (AvgIpc) is 3.59. The topological polar surface area (TPSA) is 55.4 Å². The van der Waals surface area contributed by atoms with E-state index in [-0.39, 0.29) is 5.92 Å². The van der Waals surface area contributed by atoms with Crippen LogP contribution in [0.1, 0.15) is 32.1 Å². The SMILES string of the molecule is C1=CC(COC2=CC(Oc3ccccc3)=c3ccc4cccc5c4c3=CCC2C(C2CC3=c4c(ccc6cccc(c46)O2)=C(Oc2ccccc2)C=C(Oc2ccccc2)C3)O5)=CCC1. The monoisotopic (exact) mass is 850 g/mol. The number of benzene rings is 7. The standard InChI is InChI=1S/C59H46O6/c1-5-15-38(16-6-1)37-60-52-36-54(63-44-23-11-4-12-24-44)46-29-27-39-17-13-25-50-56(39)47(46)31-32-49(52)59(65-50)55-34-41-33-45(61-42-19-7-2-8-20-42)35-53(62-43-21-9-3-10-22-43)48-30-28-40-18-14-26-51(64-55)58(40)57(41)48/h2-5,7-31,35-36,49,55,59H,1,6,32-34,37H2. The minimum Gasteiger partial charge on any atom is -0.493 e. The summed E-state index contributed by atoms with van der Waals surface area (Å²) in [4.78, 5) is 0. The number of hydrogen-bond donors (Lipinski definition) is 0. The molecule has 0 radical (unpaired) electrons. The second-order valence-electron chi connectivity index (χ2n) is 17.2. The average molecular weight is 851 g/mol. The van der Waals surface area contributed by atoms with Gasteiger partial charge in [-0.3, -0.25) is 0 Å². The number of fused-ring (bicyclic) bond motifs is 2. The van der Waals surface area contributed by atoms with Gasteiger partial charge >= 0.3 is 0 Å². The molecule has 12 rings (SSSR count). The molecule has 65 heavy (non-hydrogen) atoms. The molecule has 0 aromatic heterocycles. The molecule has 2 bridgehead atoms. The number of ether oxygens (including phenoxy) is 6. The minimum atomic E-state index is -0.498. The van der Waals surface area contributed by atoms with E-state index < -0.39 is 12.2 Å². The molecule has 3 aliphatic carbocycles. The molecule has 318 valence electrons. The van der Waals surface area contributed by atoms with Gasteiger partial charge in [-0.05, 0) is 107 Å². The molecule has 6 heteroatoms. The van der Waals surface area contributed by atoms with Crippen LogP contribution in [0, 0.1) is 5.92 Å². The fraction of sp³-hybridized carbons (Fsp3) is 0.153. The molecule has 0 saturated heterocycles. The Morgan fingerprint density at radius 1 is 0.554 bits per heavy atom. The molecular weight excluding hydrogens is 805 g/mol. The maximum Gasteiger partial charge on any atom is 0.146 e. The van der Waals surface area contributed by atoms with Crippen molar-refractivity contribution in [1.82, 2.24) is 0 Å². The summed E-state index contributed by atoms with van der Waals surface area (Å²) in [7, 11) is 0. The first-order valence-electron chi connectivity index (χ1n) is 22.7. The second kappa shape index (κ2) is 16.8. The van der Waals surface area contributed by atoms with E-state index in [1.807, 2.05) is 91.0 Å². The van der Waals surface area contributed by atoms with Crippen LogP contribution in [0.5, 0.6) is 28.7 Å². The van der Waals surface area contributed by atoms with Crippen molar-refractivity contribution in [2.24, 2.45) is 5.92 Å². The third kappa shape index (κ3) is 7.55. The van der Waals surface area contributed by atoms with Crippen LogP contribution in [-0.2, 0) is 4.74 Å². The number of rotatable bonds is 10. The number of allylic oxidation sites excluding steroid dienone is 3. The van der Waals surface area contributed by atoms with Crippen LogP contribution in [0.3, 0.4) is 0 Å². The van der Waals surface area contributed by atoms with Crippen LogP contribution in [0.15, 0.2) is 199 Å². The Morgan fingerprint density at radius 2 is 1.20 bits per heavy atom. The Bertz CT molecular complexity index is 3380. The van der Waals surface area contributed by atoms with Gasteiger partial charge in [-0.15, -0.1) is 0 Å². The quantitative estimate of drug-likeness (QED) is 0.137. The summed E-state index contributed by atoms with van der Waals surface area (Å²) in [6.45, 7) is 0.425. The van der Waals surface area contributed by atoms with Crippen molar-refractivity contribution in [2.75, 3.05) is 6.61 Å². The molecule has 6 nitrogen and oxygen atoms in total. The van der Waals surface area contributed by atoms with Crippen molar-refractivity contribution in [3.05, 3.63) is 220 Å². The lowest BCUT2D eigenvalue weighted by Crippen LogP contribution is -2.45. The van der Waals surface area contributed by atoms with E-state index in [1.54, 1.807) is 0 Å². The van der Waals surface area contributed by atoms with E-state index in [2.05, 4.69) is 97.1 Å². The van der Waals surface area contributed by atoms with E-state index >= 15 is 0 Å². The zero-order valence-electron chi connectivity index (χ0n) is 35.8. The Hall–Kier alpha value is -7.70. The van der Waals surface area contributed by atoms with E-state index in [0.717, 1.165) is 107 Å². The first-order valence-corrected chi connectivity index (χ1v) is 22.7. The molecule has 7 aromatic rings. The summed E-state index contributed by atoms with van der Waals surface area (Å²) in [5.41, 5.74) is 2.33. The Balaban J connectivity index is 1.05. The lowest BCUT2D eigenvalue weighted by molar-refractivity contribution is 0.0130. The molecular formula is C59H46O6. The van der Waals surface area contributed by atoms with Crippen molar-refractivity contribution in [3.63, 3.8) is 0 Å². The highest BCUT2D eigenvalue weighted by molar-refractivity contribution is 5.92. The van der Waals surface area contributed by atoms with Crippen molar-refractivity contribution in [3.8, 4) is 28.7 Å². The number of para-hydroxylation sites is 3. The van der Waals surface area contributed by atoms with Gasteiger partial charge in [0.25, 0.3) is 0 Å². The van der Waals surface area contributed by atoms with Crippen LogP contribution in [0.2, 0.25) is 0 Å². The van der Waals surface area contributed by atoms with Crippen LogP contribution >= 0.6 is 0 Å². The summed E-state index contributed by atoms with van der Waals surface area (Å²) in [5, 5.41) is 8.47. The van der Waals surface area contributed by atoms with E-state index in [0.29, 0.717) is 31.6 Å². The number of hydrogen-bond acceptors (Lipinski definition) is 6. The van der Waals surface area contributed by atoms with Crippen molar-refractivity contribution in [1.29, 1.82) is 0 Å². The molecule has 3 atom stereocenters. The van der Waals surface area contributed by atoms with Crippen LogP contribution in [0.4, 0.5) is 0 Å². The first kappa shape index (κ1) is 38.9. The van der Waals surface area contributed by atoms with Gasteiger partial charge < -0.3 is 28.4 Å². The first-order chi connectivity index (χ1) is 32.2. The molecule has 0 amide bonds. The molecule has 2 aliphatic heterocycles. The third-order valence-corrected chi connectivity index (χ3v) is 13.0. The van der Waals surface area contributed by atoms with E-state index in [9.17, 15) is 0 Å². The lowest BCUT2D eigenvalue weighted by atomic mass is 9.85. The molecule has 0 spiro atoms. The second-order valence-corrected chi connectivity index (χ2v) is 17.2. The van der Waals surface area contributed by atoms with Gasteiger partial charge in [0.2, 0.25) is 0 Å². The predicted octanol–water partition coefficient (Wildman–Crippen LogP) is 10.5. The van der Waals surface area contributed by atoms with Gasteiger partial charge in [0.1, 0.15) is 70.6 Å². The largest absolute Gasteiger partial charge is 0.493 e. The molecule has 0 saturated carbocycles. The van der Waals surface area contributed by atoms with Gasteiger partial charge in [0, 0.05) is 46.2 Å². The summed E-state index contributed by atoms with van der Waals surface area (Å²) >= 11 is 0. The molecule has 0 fully saturated rings. The Kier molecular flexibility index (Phi) is 10.0. The molecule has 0 N–H and O–H groups in total.